The Balaban J connectivity index is 1.86. The molecule has 1 fully saturated rings. The lowest BCUT2D eigenvalue weighted by molar-refractivity contribution is 0.0921. The summed E-state index contributed by atoms with van der Waals surface area (Å²) in [6.07, 6.45) is 3.46. The van der Waals surface area contributed by atoms with Gasteiger partial charge >= 0.3 is 0 Å². The van der Waals surface area contributed by atoms with Gasteiger partial charge in [0.2, 0.25) is 0 Å². The molecule has 3 N–H and O–H groups in total. The molecule has 0 bridgehead atoms. The third kappa shape index (κ3) is 2.00. The summed E-state index contributed by atoms with van der Waals surface area (Å²) in [4.78, 5) is 12.7. The minimum atomic E-state index is 0.0504. The molecule has 1 heterocycles. The van der Waals surface area contributed by atoms with Crippen LogP contribution < -0.4 is 11.1 Å². The fraction of sp³-hybridized carbons (Fsp3) is 0.308. The zero-order chi connectivity index (χ0) is 11.8. The molecule has 0 aliphatic heterocycles. The molecule has 0 unspecified atom stereocenters. The lowest BCUT2D eigenvalue weighted by Crippen LogP contribution is -2.39. The highest BCUT2D eigenvalue weighted by molar-refractivity contribution is 7.20. The van der Waals surface area contributed by atoms with Gasteiger partial charge in [0.15, 0.2) is 0 Å². The summed E-state index contributed by atoms with van der Waals surface area (Å²) in [6.45, 7) is 0. The number of hydrogen-bond donors (Lipinski definition) is 2. The second-order valence-corrected chi connectivity index (χ2v) is 5.59. The summed E-state index contributed by atoms with van der Waals surface area (Å²) in [7, 11) is 0. The third-order valence-electron chi connectivity index (χ3n) is 3.20. The van der Waals surface area contributed by atoms with Crippen molar-refractivity contribution in [3.8, 4) is 0 Å². The number of rotatable bonds is 2. The van der Waals surface area contributed by atoms with E-state index < -0.39 is 0 Å². The van der Waals surface area contributed by atoms with Crippen LogP contribution in [0.2, 0.25) is 0 Å². The van der Waals surface area contributed by atoms with E-state index >= 15 is 0 Å². The fourth-order valence-corrected chi connectivity index (χ4v) is 2.93. The number of fused-ring (bicyclic) bond motifs is 1. The van der Waals surface area contributed by atoms with Gasteiger partial charge in [0, 0.05) is 16.4 Å². The zero-order valence-corrected chi connectivity index (χ0v) is 10.2. The Hall–Kier alpha value is -1.55. The number of nitrogen functional groups attached to an aromatic ring is 1. The Labute approximate surface area is 104 Å². The summed E-state index contributed by atoms with van der Waals surface area (Å²) >= 11 is 1.52. The standard InChI is InChI=1S/C13H14N2OS/c14-9-4-5-11-8(6-9)7-12(17-11)13(16)15-10-2-1-3-10/h4-7,10H,1-3,14H2,(H,15,16). The van der Waals surface area contributed by atoms with Crippen molar-refractivity contribution in [1.82, 2.24) is 5.32 Å². The monoisotopic (exact) mass is 246 g/mol. The van der Waals surface area contributed by atoms with E-state index in [1.165, 1.54) is 17.8 Å². The molecule has 1 aliphatic rings. The van der Waals surface area contributed by atoms with Crippen molar-refractivity contribution >= 4 is 33.0 Å². The van der Waals surface area contributed by atoms with Crippen molar-refractivity contribution in [1.29, 1.82) is 0 Å². The van der Waals surface area contributed by atoms with Crippen LogP contribution in [0.25, 0.3) is 10.1 Å². The van der Waals surface area contributed by atoms with Gasteiger partial charge in [0.1, 0.15) is 0 Å². The molecule has 0 atom stereocenters. The molecule has 1 saturated carbocycles. The maximum absolute atomic E-state index is 12.0. The first-order chi connectivity index (χ1) is 8.22. The molecule has 1 aromatic carbocycles. The van der Waals surface area contributed by atoms with Gasteiger partial charge in [-0.1, -0.05) is 0 Å². The van der Waals surface area contributed by atoms with Crippen molar-refractivity contribution in [2.75, 3.05) is 5.73 Å². The van der Waals surface area contributed by atoms with Crippen molar-refractivity contribution in [3.05, 3.63) is 29.1 Å². The molecular weight excluding hydrogens is 232 g/mol. The molecule has 3 rings (SSSR count). The number of hydrogen-bond acceptors (Lipinski definition) is 3. The van der Waals surface area contributed by atoms with Gasteiger partial charge in [-0.25, -0.2) is 0 Å². The molecular formula is C13H14N2OS. The van der Waals surface area contributed by atoms with Crippen molar-refractivity contribution in [3.63, 3.8) is 0 Å². The van der Waals surface area contributed by atoms with Gasteiger partial charge in [-0.2, -0.15) is 0 Å². The van der Waals surface area contributed by atoms with Gasteiger partial charge < -0.3 is 11.1 Å². The number of benzene rings is 1. The number of nitrogens with two attached hydrogens (primary N) is 1. The Bertz CT molecular complexity index is 572. The average Bonchev–Trinajstić information content (AvgIpc) is 2.65. The lowest BCUT2D eigenvalue weighted by atomic mass is 9.93. The first kappa shape index (κ1) is 10.6. The first-order valence-corrected chi connectivity index (χ1v) is 6.64. The van der Waals surface area contributed by atoms with Crippen LogP contribution in [-0.2, 0) is 0 Å². The Morgan fingerprint density at radius 3 is 2.88 bits per heavy atom. The SMILES string of the molecule is Nc1ccc2sc(C(=O)NC3CCC3)cc2c1. The third-order valence-corrected chi connectivity index (χ3v) is 4.32. The molecule has 1 aromatic heterocycles. The Morgan fingerprint density at radius 1 is 1.35 bits per heavy atom. The lowest BCUT2D eigenvalue weighted by Gasteiger charge is -2.25. The van der Waals surface area contributed by atoms with Crippen LogP contribution in [0.15, 0.2) is 24.3 Å². The molecule has 0 spiro atoms. The van der Waals surface area contributed by atoms with Gasteiger partial charge in [-0.15, -0.1) is 11.3 Å². The van der Waals surface area contributed by atoms with E-state index in [0.717, 1.165) is 33.5 Å². The summed E-state index contributed by atoms with van der Waals surface area (Å²) in [6, 6.07) is 8.05. The number of amides is 1. The second kappa shape index (κ2) is 4.04. The molecule has 17 heavy (non-hydrogen) atoms. The van der Waals surface area contributed by atoms with Gasteiger partial charge in [0.05, 0.1) is 4.88 Å². The summed E-state index contributed by atoms with van der Waals surface area (Å²) < 4.78 is 1.11. The first-order valence-electron chi connectivity index (χ1n) is 5.82. The van der Waals surface area contributed by atoms with Gasteiger partial charge in [-0.05, 0) is 48.9 Å². The van der Waals surface area contributed by atoms with Crippen LogP contribution in [0.4, 0.5) is 5.69 Å². The van der Waals surface area contributed by atoms with Crippen LogP contribution >= 0.6 is 11.3 Å². The van der Waals surface area contributed by atoms with E-state index in [-0.39, 0.29) is 5.91 Å². The van der Waals surface area contributed by atoms with Crippen LogP contribution in [0.5, 0.6) is 0 Å². The molecule has 88 valence electrons. The molecule has 1 aliphatic carbocycles. The summed E-state index contributed by atoms with van der Waals surface area (Å²) in [5, 5.41) is 4.10. The molecule has 0 radical (unpaired) electrons. The van der Waals surface area contributed by atoms with E-state index in [1.807, 2.05) is 24.3 Å². The second-order valence-electron chi connectivity index (χ2n) is 4.51. The number of nitrogens with one attached hydrogen (secondary N) is 1. The summed E-state index contributed by atoms with van der Waals surface area (Å²) in [5.41, 5.74) is 6.46. The van der Waals surface area contributed by atoms with E-state index in [4.69, 9.17) is 5.73 Å². The highest BCUT2D eigenvalue weighted by atomic mass is 32.1. The van der Waals surface area contributed by atoms with Crippen LogP contribution in [0.3, 0.4) is 0 Å². The minimum absolute atomic E-state index is 0.0504. The predicted molar refractivity (Wildman–Crippen MR) is 71.3 cm³/mol. The van der Waals surface area contributed by atoms with E-state index in [2.05, 4.69) is 5.32 Å². The molecule has 2 aromatic rings. The van der Waals surface area contributed by atoms with Crippen molar-refractivity contribution in [2.45, 2.75) is 25.3 Å². The van der Waals surface area contributed by atoms with Gasteiger partial charge in [-0.3, -0.25) is 4.79 Å². The minimum Gasteiger partial charge on any atom is -0.399 e. The van der Waals surface area contributed by atoms with Crippen LogP contribution in [0, 0.1) is 0 Å². The Kier molecular flexibility index (Phi) is 2.52. The zero-order valence-electron chi connectivity index (χ0n) is 9.40. The molecule has 0 saturated heterocycles. The van der Waals surface area contributed by atoms with Crippen LogP contribution in [-0.4, -0.2) is 11.9 Å². The topological polar surface area (TPSA) is 55.1 Å². The highest BCUT2D eigenvalue weighted by Crippen LogP contribution is 2.28. The fourth-order valence-electron chi connectivity index (χ4n) is 1.98. The van der Waals surface area contributed by atoms with E-state index in [0.29, 0.717) is 6.04 Å². The van der Waals surface area contributed by atoms with E-state index in [1.54, 1.807) is 0 Å². The van der Waals surface area contributed by atoms with Crippen LogP contribution in [0.1, 0.15) is 28.9 Å². The molecule has 1 amide bonds. The Morgan fingerprint density at radius 2 is 2.18 bits per heavy atom. The highest BCUT2D eigenvalue weighted by Gasteiger charge is 2.20. The molecule has 3 nitrogen and oxygen atoms in total. The number of anilines is 1. The number of carbonyl (C=O) groups excluding carboxylic acids is 1. The smallest absolute Gasteiger partial charge is 0.261 e. The van der Waals surface area contributed by atoms with Crippen molar-refractivity contribution in [2.24, 2.45) is 0 Å². The van der Waals surface area contributed by atoms with Crippen molar-refractivity contribution < 1.29 is 4.79 Å². The number of carbonyl (C=O) groups is 1. The molecule has 4 heteroatoms. The maximum Gasteiger partial charge on any atom is 0.261 e. The summed E-state index contributed by atoms with van der Waals surface area (Å²) in [5.74, 6) is 0.0504. The quantitative estimate of drug-likeness (QED) is 0.800. The normalized spacial score (nSPS) is 15.8. The van der Waals surface area contributed by atoms with Gasteiger partial charge in [0.25, 0.3) is 5.91 Å². The average molecular weight is 246 g/mol. The predicted octanol–water partition coefficient (Wildman–Crippen LogP) is 2.77. The maximum atomic E-state index is 12.0. The van der Waals surface area contributed by atoms with E-state index in [9.17, 15) is 4.79 Å². The number of thiophene rings is 1. The largest absolute Gasteiger partial charge is 0.399 e.